The average molecular weight is 261 g/mol. The quantitative estimate of drug-likeness (QED) is 0.872. The van der Waals surface area contributed by atoms with Crippen molar-refractivity contribution in [3.8, 4) is 0 Å². The SMILES string of the molecule is CCN(C1CC1)S(=O)(=O)c1csc(CO)c1. The van der Waals surface area contributed by atoms with Crippen molar-refractivity contribution < 1.29 is 13.5 Å². The molecular weight excluding hydrogens is 246 g/mol. The van der Waals surface area contributed by atoms with Crippen molar-refractivity contribution >= 4 is 21.4 Å². The molecule has 0 amide bonds. The minimum absolute atomic E-state index is 0.101. The molecule has 0 atom stereocenters. The van der Waals surface area contributed by atoms with Crippen LogP contribution in [0, 0.1) is 0 Å². The van der Waals surface area contributed by atoms with Gasteiger partial charge in [-0.15, -0.1) is 11.3 Å². The Morgan fingerprint density at radius 2 is 2.25 bits per heavy atom. The minimum atomic E-state index is -3.34. The fourth-order valence-corrected chi connectivity index (χ4v) is 4.52. The van der Waals surface area contributed by atoms with E-state index in [0.717, 1.165) is 12.8 Å². The first-order chi connectivity index (χ1) is 7.59. The molecule has 1 aromatic rings. The fourth-order valence-electron chi connectivity index (χ4n) is 1.70. The maximum Gasteiger partial charge on any atom is 0.244 e. The van der Waals surface area contributed by atoms with E-state index in [1.54, 1.807) is 15.8 Å². The lowest BCUT2D eigenvalue weighted by Crippen LogP contribution is -2.32. The third-order valence-electron chi connectivity index (χ3n) is 2.66. The molecule has 0 aromatic carbocycles. The molecule has 0 spiro atoms. The Morgan fingerprint density at radius 3 is 2.69 bits per heavy atom. The molecule has 0 bridgehead atoms. The van der Waals surface area contributed by atoms with E-state index in [1.165, 1.54) is 11.3 Å². The van der Waals surface area contributed by atoms with Crippen LogP contribution < -0.4 is 0 Å². The zero-order valence-corrected chi connectivity index (χ0v) is 10.7. The molecule has 1 fully saturated rings. The standard InChI is InChI=1S/C10H15NO3S2/c1-2-11(8-3-4-8)16(13,14)10-5-9(6-12)15-7-10/h5,7-8,12H,2-4,6H2,1H3. The van der Waals surface area contributed by atoms with Gasteiger partial charge < -0.3 is 5.11 Å². The molecule has 1 aliphatic rings. The molecule has 0 aliphatic heterocycles. The van der Waals surface area contributed by atoms with Gasteiger partial charge in [-0.25, -0.2) is 8.42 Å². The first-order valence-corrected chi connectivity index (χ1v) is 7.61. The van der Waals surface area contributed by atoms with E-state index in [2.05, 4.69) is 0 Å². The Balaban J connectivity index is 2.29. The first-order valence-electron chi connectivity index (χ1n) is 5.29. The monoisotopic (exact) mass is 261 g/mol. The molecule has 0 saturated heterocycles. The van der Waals surface area contributed by atoms with Gasteiger partial charge in [-0.3, -0.25) is 0 Å². The summed E-state index contributed by atoms with van der Waals surface area (Å²) in [4.78, 5) is 1.00. The number of aliphatic hydroxyl groups is 1. The Labute approximate surface area is 99.6 Å². The summed E-state index contributed by atoms with van der Waals surface area (Å²) in [5.74, 6) is 0. The van der Waals surface area contributed by atoms with Crippen LogP contribution in [-0.2, 0) is 16.6 Å². The number of thiophene rings is 1. The summed E-state index contributed by atoms with van der Waals surface area (Å²) >= 11 is 1.28. The van der Waals surface area contributed by atoms with Gasteiger partial charge in [0.2, 0.25) is 10.0 Å². The highest BCUT2D eigenvalue weighted by molar-refractivity contribution is 7.89. The molecule has 1 aliphatic carbocycles. The van der Waals surface area contributed by atoms with Crippen molar-refractivity contribution in [2.24, 2.45) is 0 Å². The van der Waals surface area contributed by atoms with Crippen LogP contribution in [0.5, 0.6) is 0 Å². The Hall–Kier alpha value is -0.430. The van der Waals surface area contributed by atoms with Crippen molar-refractivity contribution in [3.63, 3.8) is 0 Å². The second kappa shape index (κ2) is 4.44. The summed E-state index contributed by atoms with van der Waals surface area (Å²) in [6.07, 6.45) is 1.92. The van der Waals surface area contributed by atoms with Crippen LogP contribution >= 0.6 is 11.3 Å². The highest BCUT2D eigenvalue weighted by Gasteiger charge is 2.37. The van der Waals surface area contributed by atoms with Crippen LogP contribution in [-0.4, -0.2) is 30.4 Å². The number of aliphatic hydroxyl groups excluding tert-OH is 1. The number of hydrogen-bond donors (Lipinski definition) is 1. The van der Waals surface area contributed by atoms with Crippen LogP contribution in [0.15, 0.2) is 16.3 Å². The van der Waals surface area contributed by atoms with Gasteiger partial charge in [0.1, 0.15) is 0 Å². The van der Waals surface area contributed by atoms with Crippen molar-refractivity contribution in [2.45, 2.75) is 37.3 Å². The molecule has 0 radical (unpaired) electrons. The largest absolute Gasteiger partial charge is 0.391 e. The lowest BCUT2D eigenvalue weighted by atomic mass is 10.5. The summed E-state index contributed by atoms with van der Waals surface area (Å²) in [6, 6.07) is 1.75. The van der Waals surface area contributed by atoms with E-state index in [4.69, 9.17) is 5.11 Å². The van der Waals surface area contributed by atoms with Crippen molar-refractivity contribution in [3.05, 3.63) is 16.3 Å². The highest BCUT2D eigenvalue weighted by atomic mass is 32.2. The predicted molar refractivity (Wildman–Crippen MR) is 62.8 cm³/mol. The molecule has 1 saturated carbocycles. The maximum atomic E-state index is 12.2. The molecular formula is C10H15NO3S2. The summed E-state index contributed by atoms with van der Waals surface area (Å²) < 4.78 is 26.0. The molecule has 16 heavy (non-hydrogen) atoms. The molecule has 1 heterocycles. The molecule has 1 N–H and O–H groups in total. The van der Waals surface area contributed by atoms with Gasteiger partial charge >= 0.3 is 0 Å². The van der Waals surface area contributed by atoms with Crippen molar-refractivity contribution in [1.29, 1.82) is 0 Å². The molecule has 90 valence electrons. The Bertz CT molecular complexity index is 462. The van der Waals surface area contributed by atoms with E-state index >= 15 is 0 Å². The summed E-state index contributed by atoms with van der Waals surface area (Å²) in [5, 5.41) is 10.5. The molecule has 6 heteroatoms. The zero-order chi connectivity index (χ0) is 11.8. The van der Waals surface area contributed by atoms with Gasteiger partial charge in [-0.05, 0) is 18.9 Å². The topological polar surface area (TPSA) is 57.6 Å². The van der Waals surface area contributed by atoms with E-state index in [1.807, 2.05) is 6.92 Å². The molecule has 0 unspecified atom stereocenters. The van der Waals surface area contributed by atoms with Crippen LogP contribution in [0.3, 0.4) is 0 Å². The zero-order valence-electron chi connectivity index (χ0n) is 9.09. The van der Waals surface area contributed by atoms with Gasteiger partial charge in [0.25, 0.3) is 0 Å². The Kier molecular flexibility index (Phi) is 3.34. The predicted octanol–water partition coefficient (Wildman–Crippen LogP) is 1.41. The van der Waals surface area contributed by atoms with Crippen LogP contribution in [0.2, 0.25) is 0 Å². The fraction of sp³-hybridized carbons (Fsp3) is 0.600. The lowest BCUT2D eigenvalue weighted by Gasteiger charge is -2.18. The molecule has 4 nitrogen and oxygen atoms in total. The first kappa shape index (κ1) is 12.0. The van der Waals surface area contributed by atoms with Gasteiger partial charge in [0.05, 0.1) is 11.5 Å². The second-order valence-electron chi connectivity index (χ2n) is 3.85. The summed E-state index contributed by atoms with van der Waals surface area (Å²) in [7, 11) is -3.34. The van der Waals surface area contributed by atoms with Gasteiger partial charge in [-0.2, -0.15) is 4.31 Å². The van der Waals surface area contributed by atoms with Gasteiger partial charge in [0, 0.05) is 22.8 Å². The van der Waals surface area contributed by atoms with Crippen LogP contribution in [0.25, 0.3) is 0 Å². The van der Waals surface area contributed by atoms with Crippen molar-refractivity contribution in [1.82, 2.24) is 4.31 Å². The van der Waals surface area contributed by atoms with E-state index < -0.39 is 10.0 Å². The third kappa shape index (κ3) is 2.15. The van der Waals surface area contributed by atoms with E-state index in [-0.39, 0.29) is 12.6 Å². The number of hydrogen-bond acceptors (Lipinski definition) is 4. The third-order valence-corrected chi connectivity index (χ3v) is 5.73. The highest BCUT2D eigenvalue weighted by Crippen LogP contribution is 2.32. The normalized spacial score (nSPS) is 16.9. The van der Waals surface area contributed by atoms with Crippen LogP contribution in [0.1, 0.15) is 24.6 Å². The smallest absolute Gasteiger partial charge is 0.244 e. The summed E-state index contributed by atoms with van der Waals surface area (Å²) in [5.41, 5.74) is 0. The Morgan fingerprint density at radius 1 is 1.56 bits per heavy atom. The number of nitrogens with zero attached hydrogens (tertiary/aromatic N) is 1. The minimum Gasteiger partial charge on any atom is -0.391 e. The summed E-state index contributed by atoms with van der Waals surface area (Å²) in [6.45, 7) is 2.27. The molecule has 2 rings (SSSR count). The second-order valence-corrected chi connectivity index (χ2v) is 6.73. The van der Waals surface area contributed by atoms with E-state index in [9.17, 15) is 8.42 Å². The maximum absolute atomic E-state index is 12.2. The van der Waals surface area contributed by atoms with Gasteiger partial charge in [0.15, 0.2) is 0 Å². The number of sulfonamides is 1. The lowest BCUT2D eigenvalue weighted by molar-refractivity contribution is 0.285. The van der Waals surface area contributed by atoms with E-state index in [0.29, 0.717) is 16.3 Å². The van der Waals surface area contributed by atoms with Gasteiger partial charge in [-0.1, -0.05) is 6.92 Å². The van der Waals surface area contributed by atoms with Crippen LogP contribution in [0.4, 0.5) is 0 Å². The average Bonchev–Trinajstić information content (AvgIpc) is 2.95. The van der Waals surface area contributed by atoms with Crippen molar-refractivity contribution in [2.75, 3.05) is 6.54 Å². The number of rotatable bonds is 5. The molecule has 1 aromatic heterocycles.